The normalized spacial score (nSPS) is 29.6. The van der Waals surface area contributed by atoms with E-state index < -0.39 is 0 Å². The first-order valence-corrected chi connectivity index (χ1v) is 9.60. The molecule has 1 aromatic carbocycles. The molecule has 2 aliphatic rings. The van der Waals surface area contributed by atoms with Crippen LogP contribution in [0, 0.1) is 24.6 Å². The van der Waals surface area contributed by atoms with E-state index in [2.05, 4.69) is 5.32 Å². The molecular weight excluding hydrogens is 323 g/mol. The van der Waals surface area contributed by atoms with Gasteiger partial charge in [0.25, 0.3) is 5.91 Å². The fraction of sp³-hybridized carbons (Fsp3) is 0.526. The lowest BCUT2D eigenvalue weighted by molar-refractivity contribution is 0.0759. The number of aryl methyl sites for hydroxylation is 1. The van der Waals surface area contributed by atoms with Crippen LogP contribution in [0.15, 0.2) is 18.2 Å². The van der Waals surface area contributed by atoms with Crippen LogP contribution in [0.1, 0.15) is 47.3 Å². The number of amides is 1. The minimum Gasteiger partial charge on any atom is -0.348 e. The number of nitrogens with one attached hydrogen (secondary N) is 1. The fourth-order valence-electron chi connectivity index (χ4n) is 4.71. The molecule has 2 saturated carbocycles. The van der Waals surface area contributed by atoms with Crippen LogP contribution in [0.25, 0.3) is 10.1 Å². The maximum Gasteiger partial charge on any atom is 0.261 e. The highest BCUT2D eigenvalue weighted by Crippen LogP contribution is 2.40. The van der Waals surface area contributed by atoms with E-state index in [9.17, 15) is 9.18 Å². The Morgan fingerprint density at radius 3 is 2.67 bits per heavy atom. The van der Waals surface area contributed by atoms with Gasteiger partial charge in [-0.1, -0.05) is 12.5 Å². The molecule has 24 heavy (non-hydrogen) atoms. The van der Waals surface area contributed by atoms with Gasteiger partial charge in [-0.2, -0.15) is 0 Å². The molecule has 1 heterocycles. The van der Waals surface area contributed by atoms with Crippen molar-refractivity contribution in [1.82, 2.24) is 5.32 Å². The zero-order valence-corrected chi connectivity index (χ0v) is 14.7. The Kier molecular flexibility index (Phi) is 4.09. The smallest absolute Gasteiger partial charge is 0.261 e. The Labute approximate surface area is 145 Å². The van der Waals surface area contributed by atoms with E-state index in [-0.39, 0.29) is 23.8 Å². The fourth-order valence-corrected chi connectivity index (χ4v) is 5.84. The number of hydrogen-bond donors (Lipinski definition) is 2. The van der Waals surface area contributed by atoms with E-state index >= 15 is 0 Å². The van der Waals surface area contributed by atoms with Crippen LogP contribution in [0.4, 0.5) is 4.39 Å². The van der Waals surface area contributed by atoms with Crippen molar-refractivity contribution in [2.45, 2.75) is 51.1 Å². The van der Waals surface area contributed by atoms with Crippen LogP contribution < -0.4 is 11.1 Å². The zero-order valence-electron chi connectivity index (χ0n) is 13.8. The number of nitrogens with two attached hydrogens (primary N) is 1. The summed E-state index contributed by atoms with van der Waals surface area (Å²) in [7, 11) is 0. The molecule has 1 amide bonds. The van der Waals surface area contributed by atoms with E-state index in [1.165, 1.54) is 23.8 Å². The van der Waals surface area contributed by atoms with Crippen molar-refractivity contribution < 1.29 is 9.18 Å². The number of carbonyl (C=O) groups is 1. The lowest BCUT2D eigenvalue weighted by Gasteiger charge is -2.45. The molecule has 0 aliphatic heterocycles. The maximum absolute atomic E-state index is 14.1. The Morgan fingerprint density at radius 1 is 1.29 bits per heavy atom. The quantitative estimate of drug-likeness (QED) is 0.864. The molecule has 2 atom stereocenters. The summed E-state index contributed by atoms with van der Waals surface area (Å²) in [4.78, 5) is 13.5. The zero-order chi connectivity index (χ0) is 16.8. The predicted molar refractivity (Wildman–Crippen MR) is 95.8 cm³/mol. The second-order valence-corrected chi connectivity index (χ2v) is 8.40. The predicted octanol–water partition coefficient (Wildman–Crippen LogP) is 3.98. The van der Waals surface area contributed by atoms with Gasteiger partial charge in [0.15, 0.2) is 0 Å². The van der Waals surface area contributed by atoms with Crippen LogP contribution in [-0.2, 0) is 0 Å². The summed E-state index contributed by atoms with van der Waals surface area (Å²) in [5.41, 5.74) is 6.92. The second kappa shape index (κ2) is 6.12. The van der Waals surface area contributed by atoms with Gasteiger partial charge in [0.05, 0.1) is 4.88 Å². The molecular formula is C19H23FN2OS. The van der Waals surface area contributed by atoms with Gasteiger partial charge in [0.2, 0.25) is 0 Å². The second-order valence-electron chi connectivity index (χ2n) is 7.35. The van der Waals surface area contributed by atoms with Crippen molar-refractivity contribution in [2.75, 3.05) is 0 Å². The Balaban J connectivity index is 1.61. The summed E-state index contributed by atoms with van der Waals surface area (Å²) < 4.78 is 14.9. The maximum atomic E-state index is 14.1. The van der Waals surface area contributed by atoms with Crippen molar-refractivity contribution in [2.24, 2.45) is 17.6 Å². The van der Waals surface area contributed by atoms with Gasteiger partial charge < -0.3 is 11.1 Å². The Hall–Kier alpha value is -1.46. The van der Waals surface area contributed by atoms with Gasteiger partial charge in [-0.3, -0.25) is 4.79 Å². The number of benzene rings is 1. The Morgan fingerprint density at radius 2 is 2.00 bits per heavy atom. The van der Waals surface area contributed by atoms with Crippen LogP contribution >= 0.6 is 11.3 Å². The SMILES string of the molecule is Cc1c(C(=O)NC2C3CCCC2CC(N)C3)sc2cccc(F)c12. The largest absolute Gasteiger partial charge is 0.348 e. The van der Waals surface area contributed by atoms with Crippen LogP contribution in [-0.4, -0.2) is 18.0 Å². The molecule has 4 rings (SSSR count). The third-order valence-corrected chi connectivity index (χ3v) is 7.04. The number of fused-ring (bicyclic) bond motifs is 3. The molecule has 2 unspecified atom stereocenters. The molecule has 1 aromatic heterocycles. The van der Waals surface area contributed by atoms with Crippen molar-refractivity contribution in [1.29, 1.82) is 0 Å². The molecule has 2 aliphatic carbocycles. The van der Waals surface area contributed by atoms with Crippen LogP contribution in [0.2, 0.25) is 0 Å². The third kappa shape index (κ3) is 2.64. The third-order valence-electron chi connectivity index (χ3n) is 5.78. The molecule has 2 bridgehead atoms. The van der Waals surface area contributed by atoms with E-state index in [1.54, 1.807) is 6.07 Å². The van der Waals surface area contributed by atoms with E-state index in [4.69, 9.17) is 5.73 Å². The van der Waals surface area contributed by atoms with Gasteiger partial charge in [0.1, 0.15) is 5.82 Å². The van der Waals surface area contributed by atoms with E-state index in [0.717, 1.165) is 35.9 Å². The highest BCUT2D eigenvalue weighted by molar-refractivity contribution is 7.21. The summed E-state index contributed by atoms with van der Waals surface area (Å²) in [6.07, 6.45) is 5.54. The summed E-state index contributed by atoms with van der Waals surface area (Å²) in [6.45, 7) is 1.84. The van der Waals surface area contributed by atoms with Gasteiger partial charge in [-0.15, -0.1) is 11.3 Å². The van der Waals surface area contributed by atoms with E-state index in [1.807, 2.05) is 13.0 Å². The van der Waals surface area contributed by atoms with Crippen molar-refractivity contribution in [3.05, 3.63) is 34.5 Å². The summed E-state index contributed by atoms with van der Waals surface area (Å²) in [5, 5.41) is 3.85. The summed E-state index contributed by atoms with van der Waals surface area (Å²) in [5.74, 6) is 0.678. The molecule has 2 aromatic rings. The molecule has 128 valence electrons. The number of halogens is 1. The minimum atomic E-state index is -0.249. The first kappa shape index (κ1) is 16.0. The lowest BCUT2D eigenvalue weighted by Crippen LogP contribution is -2.53. The number of thiophene rings is 1. The Bertz CT molecular complexity index is 773. The molecule has 5 heteroatoms. The van der Waals surface area contributed by atoms with Gasteiger partial charge in [0, 0.05) is 22.2 Å². The molecule has 0 spiro atoms. The topological polar surface area (TPSA) is 55.1 Å². The molecule has 3 N–H and O–H groups in total. The summed E-state index contributed by atoms with van der Waals surface area (Å²) >= 11 is 1.39. The van der Waals surface area contributed by atoms with E-state index in [0.29, 0.717) is 22.1 Å². The monoisotopic (exact) mass is 346 g/mol. The van der Waals surface area contributed by atoms with Gasteiger partial charge in [-0.25, -0.2) is 4.39 Å². The van der Waals surface area contributed by atoms with Crippen molar-refractivity contribution in [3.8, 4) is 0 Å². The van der Waals surface area contributed by atoms with Crippen molar-refractivity contribution in [3.63, 3.8) is 0 Å². The lowest BCUT2D eigenvalue weighted by atomic mass is 9.67. The number of hydrogen-bond acceptors (Lipinski definition) is 3. The van der Waals surface area contributed by atoms with Gasteiger partial charge >= 0.3 is 0 Å². The standard InChI is InChI=1S/C19H23FN2OS/c1-10-16-14(20)6-3-7-15(16)24-18(10)19(23)22-17-11-4-2-5-12(17)9-13(21)8-11/h3,6-7,11-13,17H,2,4-5,8-9,21H2,1H3,(H,22,23). The number of carbonyl (C=O) groups excluding carboxylic acids is 1. The first-order chi connectivity index (χ1) is 11.5. The number of rotatable bonds is 2. The average molecular weight is 346 g/mol. The first-order valence-electron chi connectivity index (χ1n) is 8.78. The highest BCUT2D eigenvalue weighted by atomic mass is 32.1. The summed E-state index contributed by atoms with van der Waals surface area (Å²) in [6, 6.07) is 5.52. The highest BCUT2D eigenvalue weighted by Gasteiger charge is 2.40. The minimum absolute atomic E-state index is 0.0505. The molecule has 2 fully saturated rings. The molecule has 0 radical (unpaired) electrons. The van der Waals surface area contributed by atoms with Crippen LogP contribution in [0.5, 0.6) is 0 Å². The average Bonchev–Trinajstić information content (AvgIpc) is 2.86. The van der Waals surface area contributed by atoms with Gasteiger partial charge in [-0.05, 0) is 62.1 Å². The molecule has 0 saturated heterocycles. The van der Waals surface area contributed by atoms with Crippen LogP contribution in [0.3, 0.4) is 0 Å². The van der Waals surface area contributed by atoms with Crippen molar-refractivity contribution >= 4 is 27.3 Å². The molecule has 3 nitrogen and oxygen atoms in total.